The number of nitrogens with zero attached hydrogens (tertiary/aromatic N) is 1. The number of halogens is 1. The Bertz CT molecular complexity index is 691. The van der Waals surface area contributed by atoms with Crippen LogP contribution in [-0.2, 0) is 4.79 Å². The van der Waals surface area contributed by atoms with E-state index in [2.05, 4.69) is 21.2 Å². The number of anilines is 2. The van der Waals surface area contributed by atoms with Gasteiger partial charge in [0.25, 0.3) is 0 Å². The first-order chi connectivity index (χ1) is 11.0. The molecule has 2 aromatic carbocycles. The van der Waals surface area contributed by atoms with Gasteiger partial charge in [-0.25, -0.2) is 0 Å². The standard InChI is InChI=1S/C17H19BrN2O3/c1-20(13-5-4-6-14(10-13)22-2)11-17(21)19-12-7-8-15(18)16(9-12)23-3/h4-10H,11H2,1-3H3,(H,19,21). The lowest BCUT2D eigenvalue weighted by Crippen LogP contribution is -2.30. The summed E-state index contributed by atoms with van der Waals surface area (Å²) in [7, 11) is 5.06. The molecular formula is C17H19BrN2O3. The lowest BCUT2D eigenvalue weighted by Gasteiger charge is -2.19. The molecule has 1 amide bonds. The van der Waals surface area contributed by atoms with Crippen LogP contribution in [0.3, 0.4) is 0 Å². The maximum atomic E-state index is 12.2. The Hall–Kier alpha value is -2.21. The lowest BCUT2D eigenvalue weighted by atomic mass is 10.2. The predicted octanol–water partition coefficient (Wildman–Crippen LogP) is 3.54. The Balaban J connectivity index is 2.01. The quantitative estimate of drug-likeness (QED) is 0.834. The number of amides is 1. The van der Waals surface area contributed by atoms with E-state index in [1.54, 1.807) is 20.3 Å². The highest BCUT2D eigenvalue weighted by Gasteiger charge is 2.10. The summed E-state index contributed by atoms with van der Waals surface area (Å²) in [5, 5.41) is 2.86. The average molecular weight is 379 g/mol. The van der Waals surface area contributed by atoms with Crippen LogP contribution in [0.4, 0.5) is 11.4 Å². The Morgan fingerprint density at radius 1 is 1.17 bits per heavy atom. The molecule has 122 valence electrons. The number of hydrogen-bond acceptors (Lipinski definition) is 4. The molecule has 0 saturated carbocycles. The maximum Gasteiger partial charge on any atom is 0.243 e. The van der Waals surface area contributed by atoms with Crippen LogP contribution in [0.15, 0.2) is 46.9 Å². The molecule has 0 fully saturated rings. The summed E-state index contributed by atoms with van der Waals surface area (Å²) in [5.41, 5.74) is 1.60. The van der Waals surface area contributed by atoms with E-state index in [1.165, 1.54) is 0 Å². The molecule has 5 nitrogen and oxygen atoms in total. The van der Waals surface area contributed by atoms with Crippen molar-refractivity contribution in [2.24, 2.45) is 0 Å². The summed E-state index contributed by atoms with van der Waals surface area (Å²) in [6.07, 6.45) is 0. The molecule has 6 heteroatoms. The van der Waals surface area contributed by atoms with Crippen LogP contribution in [0.2, 0.25) is 0 Å². The van der Waals surface area contributed by atoms with Gasteiger partial charge in [0.1, 0.15) is 11.5 Å². The fourth-order valence-corrected chi connectivity index (χ4v) is 2.50. The van der Waals surface area contributed by atoms with Gasteiger partial charge in [-0.1, -0.05) is 6.07 Å². The van der Waals surface area contributed by atoms with Gasteiger partial charge in [0.2, 0.25) is 5.91 Å². The van der Waals surface area contributed by atoms with Gasteiger partial charge < -0.3 is 19.7 Å². The Labute approximate surface area is 144 Å². The molecule has 0 spiro atoms. The van der Waals surface area contributed by atoms with Crippen LogP contribution in [0, 0.1) is 0 Å². The molecule has 0 aliphatic carbocycles. The first-order valence-corrected chi connectivity index (χ1v) is 7.81. The third-order valence-corrected chi connectivity index (χ3v) is 3.96. The van der Waals surface area contributed by atoms with Gasteiger partial charge in [0.05, 0.1) is 25.2 Å². The van der Waals surface area contributed by atoms with Gasteiger partial charge in [0, 0.05) is 30.6 Å². The number of nitrogens with one attached hydrogen (secondary N) is 1. The van der Waals surface area contributed by atoms with Crippen molar-refractivity contribution in [3.63, 3.8) is 0 Å². The highest BCUT2D eigenvalue weighted by atomic mass is 79.9. The summed E-state index contributed by atoms with van der Waals surface area (Å²) in [5.74, 6) is 1.32. The molecule has 0 atom stereocenters. The predicted molar refractivity (Wildman–Crippen MR) is 95.6 cm³/mol. The number of benzene rings is 2. The molecular weight excluding hydrogens is 360 g/mol. The van der Waals surface area contributed by atoms with E-state index >= 15 is 0 Å². The fourth-order valence-electron chi connectivity index (χ4n) is 2.09. The van der Waals surface area contributed by atoms with Gasteiger partial charge in [0.15, 0.2) is 0 Å². The summed E-state index contributed by atoms with van der Waals surface area (Å²) >= 11 is 3.38. The minimum Gasteiger partial charge on any atom is -0.497 e. The third kappa shape index (κ3) is 4.63. The molecule has 0 bridgehead atoms. The van der Waals surface area contributed by atoms with E-state index in [4.69, 9.17) is 9.47 Å². The second-order valence-electron chi connectivity index (χ2n) is 4.96. The highest BCUT2D eigenvalue weighted by molar-refractivity contribution is 9.10. The number of hydrogen-bond donors (Lipinski definition) is 1. The zero-order valence-electron chi connectivity index (χ0n) is 13.3. The van der Waals surface area contributed by atoms with Crippen molar-refractivity contribution in [1.82, 2.24) is 0 Å². The van der Waals surface area contributed by atoms with E-state index in [1.807, 2.05) is 48.3 Å². The largest absolute Gasteiger partial charge is 0.497 e. The summed E-state index contributed by atoms with van der Waals surface area (Å²) in [6, 6.07) is 13.0. The van der Waals surface area contributed by atoms with Crippen LogP contribution < -0.4 is 19.7 Å². The van der Waals surface area contributed by atoms with Crippen LogP contribution in [0.5, 0.6) is 11.5 Å². The van der Waals surface area contributed by atoms with Crippen LogP contribution in [0.25, 0.3) is 0 Å². The van der Waals surface area contributed by atoms with Crippen molar-refractivity contribution >= 4 is 33.2 Å². The van der Waals surface area contributed by atoms with Crippen molar-refractivity contribution in [3.8, 4) is 11.5 Å². The zero-order valence-corrected chi connectivity index (χ0v) is 14.9. The first kappa shape index (κ1) is 17.1. The van der Waals surface area contributed by atoms with Gasteiger partial charge in [-0.05, 0) is 40.2 Å². The molecule has 0 heterocycles. The van der Waals surface area contributed by atoms with Gasteiger partial charge in [-0.15, -0.1) is 0 Å². The molecule has 0 unspecified atom stereocenters. The second kappa shape index (κ2) is 7.87. The van der Waals surface area contributed by atoms with Crippen molar-refractivity contribution in [2.45, 2.75) is 0 Å². The number of carbonyl (C=O) groups excluding carboxylic acids is 1. The SMILES string of the molecule is COc1cccc(N(C)CC(=O)Nc2ccc(Br)c(OC)c2)c1. The summed E-state index contributed by atoms with van der Waals surface area (Å²) in [4.78, 5) is 14.1. The maximum absolute atomic E-state index is 12.2. The van der Waals surface area contributed by atoms with Crippen molar-refractivity contribution < 1.29 is 14.3 Å². The number of likely N-dealkylation sites (N-methyl/N-ethyl adjacent to an activating group) is 1. The summed E-state index contributed by atoms with van der Waals surface area (Å²) in [6.45, 7) is 0.228. The molecule has 0 aliphatic rings. The molecule has 0 aromatic heterocycles. The first-order valence-electron chi connectivity index (χ1n) is 7.02. The van der Waals surface area contributed by atoms with Crippen LogP contribution in [0.1, 0.15) is 0 Å². The monoisotopic (exact) mass is 378 g/mol. The second-order valence-corrected chi connectivity index (χ2v) is 5.81. The Kier molecular flexibility index (Phi) is 5.87. The topological polar surface area (TPSA) is 50.8 Å². The zero-order chi connectivity index (χ0) is 16.8. The van der Waals surface area contributed by atoms with Gasteiger partial charge in [-0.3, -0.25) is 4.79 Å². The van der Waals surface area contributed by atoms with Crippen molar-refractivity contribution in [1.29, 1.82) is 0 Å². The third-order valence-electron chi connectivity index (χ3n) is 3.31. The molecule has 0 saturated heterocycles. The van der Waals surface area contributed by atoms with Crippen molar-refractivity contribution in [2.75, 3.05) is 38.0 Å². The molecule has 0 radical (unpaired) electrons. The molecule has 0 aliphatic heterocycles. The highest BCUT2D eigenvalue weighted by Crippen LogP contribution is 2.28. The van der Waals surface area contributed by atoms with Crippen LogP contribution >= 0.6 is 15.9 Å². The molecule has 1 N–H and O–H groups in total. The molecule has 2 aromatic rings. The number of ether oxygens (including phenoxy) is 2. The minimum atomic E-state index is -0.111. The number of rotatable bonds is 6. The van der Waals surface area contributed by atoms with E-state index < -0.39 is 0 Å². The minimum absolute atomic E-state index is 0.111. The molecule has 2 rings (SSSR count). The number of carbonyl (C=O) groups is 1. The van der Waals surface area contributed by atoms with E-state index in [0.29, 0.717) is 11.4 Å². The van der Waals surface area contributed by atoms with Crippen molar-refractivity contribution in [3.05, 3.63) is 46.9 Å². The smallest absolute Gasteiger partial charge is 0.243 e. The Morgan fingerprint density at radius 2 is 1.96 bits per heavy atom. The van der Waals surface area contributed by atoms with E-state index in [-0.39, 0.29) is 12.5 Å². The van der Waals surface area contributed by atoms with Crippen LogP contribution in [-0.4, -0.2) is 33.7 Å². The average Bonchev–Trinajstić information content (AvgIpc) is 2.56. The fraction of sp³-hybridized carbons (Fsp3) is 0.235. The van der Waals surface area contributed by atoms with E-state index in [0.717, 1.165) is 15.9 Å². The summed E-state index contributed by atoms with van der Waals surface area (Å²) < 4.78 is 11.3. The molecule has 23 heavy (non-hydrogen) atoms. The van der Waals surface area contributed by atoms with Gasteiger partial charge >= 0.3 is 0 Å². The lowest BCUT2D eigenvalue weighted by molar-refractivity contribution is -0.114. The Morgan fingerprint density at radius 3 is 2.65 bits per heavy atom. The normalized spacial score (nSPS) is 10.1. The van der Waals surface area contributed by atoms with Gasteiger partial charge in [-0.2, -0.15) is 0 Å². The van der Waals surface area contributed by atoms with E-state index in [9.17, 15) is 4.79 Å². The number of methoxy groups -OCH3 is 2.